The topological polar surface area (TPSA) is 83.1 Å². The smallest absolute Gasteiger partial charge is 0.271 e. The molecule has 7 heteroatoms. The maximum absolute atomic E-state index is 12.4. The zero-order chi connectivity index (χ0) is 20.8. The molecule has 3 aromatic rings. The van der Waals surface area contributed by atoms with Crippen molar-refractivity contribution in [2.75, 3.05) is 11.9 Å². The average molecular weight is 453 g/mol. The molecule has 0 aliphatic heterocycles. The molecule has 2 amide bonds. The summed E-state index contributed by atoms with van der Waals surface area (Å²) in [5, 5.41) is 3.00. The van der Waals surface area contributed by atoms with Gasteiger partial charge in [0.2, 0.25) is 0 Å². The molecule has 0 bridgehead atoms. The highest BCUT2D eigenvalue weighted by molar-refractivity contribution is 9.10. The molecule has 0 unspecified atom stereocenters. The van der Waals surface area contributed by atoms with Crippen molar-refractivity contribution in [3.8, 4) is 11.3 Å². The lowest BCUT2D eigenvalue weighted by Gasteiger charge is -2.11. The van der Waals surface area contributed by atoms with E-state index in [0.29, 0.717) is 11.3 Å². The van der Waals surface area contributed by atoms with Crippen LogP contribution >= 0.6 is 15.9 Å². The number of hydrogen-bond donors (Lipinski definition) is 3. The Hall–Kier alpha value is -3.19. The molecule has 0 radical (unpaired) electrons. The minimum atomic E-state index is -0.417. The number of rotatable bonds is 5. The van der Waals surface area contributed by atoms with Crippen molar-refractivity contribution in [2.45, 2.75) is 13.8 Å². The largest absolute Gasteiger partial charge is 0.376 e. The molecule has 1 heterocycles. The Labute approximate surface area is 177 Å². The first-order valence-corrected chi connectivity index (χ1v) is 9.85. The molecule has 0 fully saturated rings. The minimum Gasteiger partial charge on any atom is -0.376 e. The number of anilines is 1. The molecule has 3 rings (SSSR count). The second-order valence-corrected chi connectivity index (χ2v) is 7.48. The summed E-state index contributed by atoms with van der Waals surface area (Å²) < 4.78 is 0.957. The zero-order valence-electron chi connectivity index (χ0n) is 16.1. The number of pyridine rings is 1. The van der Waals surface area contributed by atoms with Crippen molar-refractivity contribution in [1.82, 2.24) is 15.8 Å². The summed E-state index contributed by atoms with van der Waals surface area (Å²) in [4.78, 5) is 28.9. The molecule has 0 spiro atoms. The number of hydrogen-bond acceptors (Lipinski definition) is 4. The van der Waals surface area contributed by atoms with E-state index in [1.807, 2.05) is 55.5 Å². The number of aromatic nitrogens is 1. The van der Waals surface area contributed by atoms with E-state index in [-0.39, 0.29) is 12.5 Å². The fourth-order valence-corrected chi connectivity index (χ4v) is 3.10. The third-order valence-corrected chi connectivity index (χ3v) is 4.76. The maximum Gasteiger partial charge on any atom is 0.271 e. The van der Waals surface area contributed by atoms with Gasteiger partial charge in [0.15, 0.2) is 0 Å². The van der Waals surface area contributed by atoms with Crippen LogP contribution in [0.5, 0.6) is 0 Å². The fourth-order valence-electron chi connectivity index (χ4n) is 2.70. The molecule has 0 saturated heterocycles. The molecule has 1 aromatic heterocycles. The first kappa shape index (κ1) is 20.5. The van der Waals surface area contributed by atoms with E-state index in [9.17, 15) is 9.59 Å². The van der Waals surface area contributed by atoms with Crippen LogP contribution in [0.15, 0.2) is 65.1 Å². The van der Waals surface area contributed by atoms with Crippen LogP contribution < -0.4 is 16.2 Å². The molecule has 0 aliphatic carbocycles. The summed E-state index contributed by atoms with van der Waals surface area (Å²) in [7, 11) is 0. The number of benzene rings is 2. The lowest BCUT2D eigenvalue weighted by molar-refractivity contribution is -0.120. The summed E-state index contributed by atoms with van der Waals surface area (Å²) >= 11 is 3.44. The van der Waals surface area contributed by atoms with Gasteiger partial charge in [0, 0.05) is 15.7 Å². The Morgan fingerprint density at radius 3 is 2.41 bits per heavy atom. The highest BCUT2D eigenvalue weighted by Gasteiger charge is 2.12. The average Bonchev–Trinajstić information content (AvgIpc) is 2.71. The zero-order valence-corrected chi connectivity index (χ0v) is 17.7. The van der Waals surface area contributed by atoms with E-state index in [2.05, 4.69) is 37.1 Å². The molecular formula is C22H21BrN4O2. The van der Waals surface area contributed by atoms with Gasteiger partial charge in [0.1, 0.15) is 0 Å². The lowest BCUT2D eigenvalue weighted by atomic mass is 10.1. The van der Waals surface area contributed by atoms with Gasteiger partial charge in [-0.05, 0) is 50.2 Å². The molecule has 2 aromatic carbocycles. The maximum atomic E-state index is 12.4. The van der Waals surface area contributed by atoms with Crippen molar-refractivity contribution < 1.29 is 9.59 Å². The Morgan fingerprint density at radius 1 is 0.966 bits per heavy atom. The third kappa shape index (κ3) is 5.65. The standard InChI is InChI=1S/C22H21BrN4O2/c1-14-6-8-18(9-7-14)24-13-21(28)26-27-22(29)19-10-11-20(25-15(19)2)16-4-3-5-17(23)12-16/h3-12,24H,13H2,1-2H3,(H,26,28)(H,27,29). The SMILES string of the molecule is Cc1ccc(NCC(=O)NNC(=O)c2ccc(-c3cccc(Br)c3)nc2C)cc1. The van der Waals surface area contributed by atoms with E-state index in [1.165, 1.54) is 0 Å². The van der Waals surface area contributed by atoms with Gasteiger partial charge in [0.05, 0.1) is 23.5 Å². The first-order valence-electron chi connectivity index (χ1n) is 9.05. The number of carbonyl (C=O) groups is 2. The first-order chi connectivity index (χ1) is 13.9. The molecule has 148 valence electrons. The van der Waals surface area contributed by atoms with Crippen molar-refractivity contribution in [2.24, 2.45) is 0 Å². The van der Waals surface area contributed by atoms with Gasteiger partial charge in [-0.15, -0.1) is 0 Å². The van der Waals surface area contributed by atoms with Crippen LogP contribution in [0, 0.1) is 13.8 Å². The van der Waals surface area contributed by atoms with Gasteiger partial charge in [-0.2, -0.15) is 0 Å². The number of halogens is 1. The predicted molar refractivity (Wildman–Crippen MR) is 117 cm³/mol. The number of nitrogens with one attached hydrogen (secondary N) is 3. The van der Waals surface area contributed by atoms with Gasteiger partial charge in [-0.3, -0.25) is 25.4 Å². The summed E-state index contributed by atoms with van der Waals surface area (Å²) in [5.41, 5.74) is 9.50. The number of nitrogens with zero attached hydrogens (tertiary/aromatic N) is 1. The molecule has 29 heavy (non-hydrogen) atoms. The van der Waals surface area contributed by atoms with Crippen LogP contribution in [0.1, 0.15) is 21.6 Å². The Kier molecular flexibility index (Phi) is 6.61. The van der Waals surface area contributed by atoms with Gasteiger partial charge < -0.3 is 5.32 Å². The number of amides is 2. The normalized spacial score (nSPS) is 10.3. The van der Waals surface area contributed by atoms with Crippen molar-refractivity contribution in [1.29, 1.82) is 0 Å². The van der Waals surface area contributed by atoms with E-state index in [0.717, 1.165) is 27.0 Å². The molecule has 0 saturated carbocycles. The van der Waals surface area contributed by atoms with E-state index < -0.39 is 5.91 Å². The number of hydrazine groups is 1. The van der Waals surface area contributed by atoms with E-state index in [4.69, 9.17) is 0 Å². The lowest BCUT2D eigenvalue weighted by Crippen LogP contribution is -2.44. The van der Waals surface area contributed by atoms with Gasteiger partial charge in [-0.1, -0.05) is 45.8 Å². The second kappa shape index (κ2) is 9.34. The van der Waals surface area contributed by atoms with Crippen LogP contribution in [-0.4, -0.2) is 23.3 Å². The Balaban J connectivity index is 1.56. The van der Waals surface area contributed by atoms with Crippen LogP contribution in [0.3, 0.4) is 0 Å². The fraction of sp³-hybridized carbons (Fsp3) is 0.136. The van der Waals surface area contributed by atoms with Gasteiger partial charge in [-0.25, -0.2) is 0 Å². The van der Waals surface area contributed by atoms with Crippen molar-refractivity contribution in [3.63, 3.8) is 0 Å². The summed E-state index contributed by atoms with van der Waals surface area (Å²) in [6, 6.07) is 19.0. The van der Waals surface area contributed by atoms with Crippen LogP contribution in [0.25, 0.3) is 11.3 Å². The highest BCUT2D eigenvalue weighted by atomic mass is 79.9. The Bertz CT molecular complexity index is 1040. The molecular weight excluding hydrogens is 432 g/mol. The van der Waals surface area contributed by atoms with Crippen molar-refractivity contribution in [3.05, 3.63) is 82.0 Å². The minimum absolute atomic E-state index is 0.0440. The summed E-state index contributed by atoms with van der Waals surface area (Å²) in [6.45, 7) is 3.80. The van der Waals surface area contributed by atoms with E-state index >= 15 is 0 Å². The number of aryl methyl sites for hydroxylation is 2. The molecule has 0 aliphatic rings. The molecule has 3 N–H and O–H groups in total. The van der Waals surface area contributed by atoms with E-state index in [1.54, 1.807) is 19.1 Å². The Morgan fingerprint density at radius 2 is 1.72 bits per heavy atom. The second-order valence-electron chi connectivity index (χ2n) is 6.56. The van der Waals surface area contributed by atoms with Crippen LogP contribution in [0.4, 0.5) is 5.69 Å². The van der Waals surface area contributed by atoms with Gasteiger partial charge in [0.25, 0.3) is 11.8 Å². The number of carbonyl (C=O) groups excluding carboxylic acids is 2. The molecule has 6 nitrogen and oxygen atoms in total. The highest BCUT2D eigenvalue weighted by Crippen LogP contribution is 2.22. The third-order valence-electron chi connectivity index (χ3n) is 4.27. The quantitative estimate of drug-likeness (QED) is 0.510. The molecule has 0 atom stereocenters. The van der Waals surface area contributed by atoms with Gasteiger partial charge >= 0.3 is 0 Å². The van der Waals surface area contributed by atoms with Crippen molar-refractivity contribution >= 4 is 33.4 Å². The predicted octanol–water partition coefficient (Wildman–Crippen LogP) is 4.00. The summed E-state index contributed by atoms with van der Waals surface area (Å²) in [6.07, 6.45) is 0. The van der Waals surface area contributed by atoms with Crippen LogP contribution in [0.2, 0.25) is 0 Å². The monoisotopic (exact) mass is 452 g/mol. The summed E-state index contributed by atoms with van der Waals surface area (Å²) in [5.74, 6) is -0.769. The van der Waals surface area contributed by atoms with Crippen LogP contribution in [-0.2, 0) is 4.79 Å².